The first-order chi connectivity index (χ1) is 7.20. The number of aryl methyl sites for hydroxylation is 2. The third-order valence-electron chi connectivity index (χ3n) is 1.97. The van der Waals surface area contributed by atoms with Crippen LogP contribution < -0.4 is 5.73 Å². The Bertz CT molecular complexity index is 475. The Balaban J connectivity index is 2.49. The maximum Gasteiger partial charge on any atom is 0.252 e. The maximum atomic E-state index is 5.50. The molecule has 0 saturated carbocycles. The van der Waals surface area contributed by atoms with E-state index in [-0.39, 0.29) is 0 Å². The van der Waals surface area contributed by atoms with Crippen LogP contribution in [-0.2, 0) is 6.54 Å². The van der Waals surface area contributed by atoms with Gasteiger partial charge in [-0.2, -0.15) is 4.68 Å². The van der Waals surface area contributed by atoms with Crippen LogP contribution in [0.25, 0.3) is 5.95 Å². The van der Waals surface area contributed by atoms with E-state index >= 15 is 0 Å². The predicted octanol–water partition coefficient (Wildman–Crippen LogP) is 0.133. The second-order valence-electron chi connectivity index (χ2n) is 3.17. The Hall–Kier alpha value is -1.82. The van der Waals surface area contributed by atoms with Gasteiger partial charge in [-0.1, -0.05) is 0 Å². The van der Waals surface area contributed by atoms with E-state index in [0.29, 0.717) is 18.3 Å². The Morgan fingerprint density at radius 2 is 2.13 bits per heavy atom. The highest BCUT2D eigenvalue weighted by molar-refractivity contribution is 5.14. The van der Waals surface area contributed by atoms with Crippen molar-refractivity contribution >= 4 is 0 Å². The van der Waals surface area contributed by atoms with Crippen LogP contribution in [-0.4, -0.2) is 24.7 Å². The van der Waals surface area contributed by atoms with Crippen LogP contribution in [0.3, 0.4) is 0 Å². The number of hydrogen-bond donors (Lipinski definition) is 1. The predicted molar refractivity (Wildman–Crippen MR) is 54.3 cm³/mol. The second-order valence-corrected chi connectivity index (χ2v) is 3.17. The van der Waals surface area contributed by atoms with Crippen molar-refractivity contribution in [3.63, 3.8) is 0 Å². The largest absolute Gasteiger partial charge is 0.325 e. The zero-order valence-electron chi connectivity index (χ0n) is 8.68. The van der Waals surface area contributed by atoms with Gasteiger partial charge in [0, 0.05) is 12.7 Å². The van der Waals surface area contributed by atoms with Gasteiger partial charge in [-0.3, -0.25) is 0 Å². The summed E-state index contributed by atoms with van der Waals surface area (Å²) in [5.74, 6) is 1.98. The third-order valence-corrected chi connectivity index (χ3v) is 1.97. The van der Waals surface area contributed by atoms with Gasteiger partial charge in [0.15, 0.2) is 0 Å². The van der Waals surface area contributed by atoms with E-state index < -0.39 is 0 Å². The fourth-order valence-electron chi connectivity index (χ4n) is 1.31. The molecule has 2 heterocycles. The van der Waals surface area contributed by atoms with Crippen LogP contribution in [0.4, 0.5) is 0 Å². The van der Waals surface area contributed by atoms with E-state index in [9.17, 15) is 0 Å². The van der Waals surface area contributed by atoms with Crippen molar-refractivity contribution in [1.29, 1.82) is 0 Å². The molecule has 0 unspecified atom stereocenters. The molecule has 0 saturated heterocycles. The van der Waals surface area contributed by atoms with Crippen LogP contribution in [0, 0.1) is 13.8 Å². The lowest BCUT2D eigenvalue weighted by molar-refractivity contribution is 0.758. The zero-order valence-corrected chi connectivity index (χ0v) is 8.68. The summed E-state index contributed by atoms with van der Waals surface area (Å²) in [4.78, 5) is 12.6. The average Bonchev–Trinajstić information content (AvgIpc) is 2.58. The van der Waals surface area contributed by atoms with E-state index in [1.807, 2.05) is 13.8 Å². The van der Waals surface area contributed by atoms with Gasteiger partial charge in [-0.05, 0) is 19.9 Å². The first-order valence-electron chi connectivity index (χ1n) is 4.63. The normalized spacial score (nSPS) is 10.6. The van der Waals surface area contributed by atoms with E-state index in [4.69, 9.17) is 5.73 Å². The van der Waals surface area contributed by atoms with Crippen LogP contribution in [0.5, 0.6) is 0 Å². The van der Waals surface area contributed by atoms with Gasteiger partial charge in [-0.15, -0.1) is 5.10 Å². The van der Waals surface area contributed by atoms with Crippen LogP contribution in [0.1, 0.15) is 17.3 Å². The van der Waals surface area contributed by atoms with Crippen LogP contribution in [0.15, 0.2) is 12.3 Å². The fourth-order valence-corrected chi connectivity index (χ4v) is 1.31. The molecule has 0 amide bonds. The molecule has 2 rings (SSSR count). The number of nitrogens with zero attached hydrogens (tertiary/aromatic N) is 5. The molecule has 0 fully saturated rings. The minimum Gasteiger partial charge on any atom is -0.325 e. The highest BCUT2D eigenvalue weighted by Crippen LogP contribution is 2.04. The summed E-state index contributed by atoms with van der Waals surface area (Å²) in [6.07, 6.45) is 1.67. The minimum absolute atomic E-state index is 0.391. The van der Waals surface area contributed by atoms with Crippen LogP contribution >= 0.6 is 0 Å². The SMILES string of the molecule is Cc1nc(C)n(-c2nccc(CN)n2)n1. The number of hydrogen-bond acceptors (Lipinski definition) is 5. The second kappa shape index (κ2) is 3.74. The number of rotatable bonds is 2. The van der Waals surface area contributed by atoms with E-state index in [1.165, 1.54) is 0 Å². The molecule has 0 aromatic carbocycles. The molecule has 6 heteroatoms. The Labute approximate surface area is 87.2 Å². The Morgan fingerprint density at radius 1 is 1.33 bits per heavy atom. The zero-order chi connectivity index (χ0) is 10.8. The number of aromatic nitrogens is 5. The van der Waals surface area contributed by atoms with Gasteiger partial charge in [0.1, 0.15) is 11.6 Å². The van der Waals surface area contributed by atoms with Crippen molar-refractivity contribution in [2.45, 2.75) is 20.4 Å². The molecular weight excluding hydrogens is 192 g/mol. The molecule has 0 atom stereocenters. The van der Waals surface area contributed by atoms with Gasteiger partial charge in [0.25, 0.3) is 5.95 Å². The van der Waals surface area contributed by atoms with Crippen molar-refractivity contribution in [3.8, 4) is 5.95 Å². The van der Waals surface area contributed by atoms with Crippen molar-refractivity contribution in [2.75, 3.05) is 0 Å². The van der Waals surface area contributed by atoms with Gasteiger partial charge in [0.2, 0.25) is 0 Å². The van der Waals surface area contributed by atoms with E-state index in [1.54, 1.807) is 16.9 Å². The van der Waals surface area contributed by atoms with Gasteiger partial charge in [0.05, 0.1) is 5.69 Å². The molecule has 2 N–H and O–H groups in total. The molecule has 0 aliphatic heterocycles. The van der Waals surface area contributed by atoms with Crippen molar-refractivity contribution in [1.82, 2.24) is 24.7 Å². The van der Waals surface area contributed by atoms with E-state index in [0.717, 1.165) is 11.5 Å². The highest BCUT2D eigenvalue weighted by Gasteiger charge is 2.07. The Kier molecular flexibility index (Phi) is 2.42. The highest BCUT2D eigenvalue weighted by atomic mass is 15.4. The topological polar surface area (TPSA) is 82.5 Å². The summed E-state index contributed by atoms with van der Waals surface area (Å²) in [6.45, 7) is 4.08. The summed E-state index contributed by atoms with van der Waals surface area (Å²) in [7, 11) is 0. The lowest BCUT2D eigenvalue weighted by atomic mass is 10.4. The lowest BCUT2D eigenvalue weighted by Crippen LogP contribution is -2.08. The first kappa shape index (κ1) is 9.72. The molecule has 2 aromatic rings. The average molecular weight is 204 g/mol. The molecule has 0 radical (unpaired) electrons. The minimum atomic E-state index is 0.391. The third kappa shape index (κ3) is 1.84. The maximum absolute atomic E-state index is 5.50. The quantitative estimate of drug-likeness (QED) is 0.752. The molecule has 0 spiro atoms. The molecule has 0 aliphatic rings. The van der Waals surface area contributed by atoms with Crippen molar-refractivity contribution in [3.05, 3.63) is 29.6 Å². The molecule has 15 heavy (non-hydrogen) atoms. The molecular formula is C9H12N6. The van der Waals surface area contributed by atoms with Gasteiger partial charge >= 0.3 is 0 Å². The summed E-state index contributed by atoms with van der Waals surface area (Å²) in [5, 5.41) is 4.20. The molecule has 78 valence electrons. The first-order valence-corrected chi connectivity index (χ1v) is 4.63. The van der Waals surface area contributed by atoms with Gasteiger partial charge in [-0.25, -0.2) is 15.0 Å². The lowest BCUT2D eigenvalue weighted by Gasteiger charge is -2.01. The number of nitrogens with two attached hydrogens (primary N) is 1. The van der Waals surface area contributed by atoms with Gasteiger partial charge < -0.3 is 5.73 Å². The summed E-state index contributed by atoms with van der Waals surface area (Å²) in [6, 6.07) is 1.78. The standard InChI is InChI=1S/C9H12N6/c1-6-12-7(2)15(14-6)9-11-4-3-8(5-10)13-9/h3-4H,5,10H2,1-2H3. The summed E-state index contributed by atoms with van der Waals surface area (Å²) < 4.78 is 1.61. The monoisotopic (exact) mass is 204 g/mol. The summed E-state index contributed by atoms with van der Waals surface area (Å²) in [5.41, 5.74) is 6.29. The fraction of sp³-hybridized carbons (Fsp3) is 0.333. The van der Waals surface area contributed by atoms with Crippen molar-refractivity contribution < 1.29 is 0 Å². The van der Waals surface area contributed by atoms with Crippen LogP contribution in [0.2, 0.25) is 0 Å². The molecule has 2 aromatic heterocycles. The smallest absolute Gasteiger partial charge is 0.252 e. The molecule has 6 nitrogen and oxygen atoms in total. The van der Waals surface area contributed by atoms with Crippen molar-refractivity contribution in [2.24, 2.45) is 5.73 Å². The Morgan fingerprint density at radius 3 is 2.73 bits per heavy atom. The molecule has 0 bridgehead atoms. The molecule has 0 aliphatic carbocycles. The van der Waals surface area contributed by atoms with E-state index in [2.05, 4.69) is 20.1 Å². The summed E-state index contributed by atoms with van der Waals surface area (Å²) >= 11 is 0.